The Morgan fingerprint density at radius 3 is 2.72 bits per heavy atom. The highest BCUT2D eigenvalue weighted by Gasteiger charge is 2.25. The zero-order valence-corrected chi connectivity index (χ0v) is 14.1. The van der Waals surface area contributed by atoms with Gasteiger partial charge in [0.05, 0.1) is 13.7 Å². The average molecular weight is 343 g/mol. The van der Waals surface area contributed by atoms with Gasteiger partial charge in [-0.15, -0.1) is 0 Å². The second-order valence-electron chi connectivity index (χ2n) is 5.69. The Morgan fingerprint density at radius 2 is 1.96 bits per heavy atom. The van der Waals surface area contributed by atoms with E-state index < -0.39 is 0 Å². The summed E-state index contributed by atoms with van der Waals surface area (Å²) in [5.41, 5.74) is 0. The van der Waals surface area contributed by atoms with E-state index in [1.165, 1.54) is 0 Å². The van der Waals surface area contributed by atoms with Crippen LogP contribution in [0.25, 0.3) is 0 Å². The highest BCUT2D eigenvalue weighted by molar-refractivity contribution is 5.78. The minimum Gasteiger partial charge on any atom is -0.493 e. The number of nitrogens with zero attached hydrogens (tertiary/aromatic N) is 3. The van der Waals surface area contributed by atoms with E-state index in [-0.39, 0.29) is 18.6 Å². The summed E-state index contributed by atoms with van der Waals surface area (Å²) in [7, 11) is 1.57. The molecule has 0 radical (unpaired) electrons. The molecule has 1 aromatic heterocycles. The monoisotopic (exact) mass is 343 g/mol. The molecule has 1 aliphatic rings. The first-order valence-electron chi connectivity index (χ1n) is 8.23. The van der Waals surface area contributed by atoms with Crippen molar-refractivity contribution in [3.05, 3.63) is 42.7 Å². The van der Waals surface area contributed by atoms with Crippen molar-refractivity contribution in [1.82, 2.24) is 14.9 Å². The van der Waals surface area contributed by atoms with Crippen LogP contribution in [0.15, 0.2) is 42.7 Å². The Bertz CT molecular complexity index is 696. The molecule has 1 fully saturated rings. The smallest absolute Gasteiger partial charge is 0.316 e. The Kier molecular flexibility index (Phi) is 5.66. The van der Waals surface area contributed by atoms with Gasteiger partial charge in [0.2, 0.25) is 0 Å². The largest absolute Gasteiger partial charge is 0.493 e. The van der Waals surface area contributed by atoms with Crippen molar-refractivity contribution in [2.75, 3.05) is 26.8 Å². The number of hydrogen-bond acceptors (Lipinski definition) is 6. The molecule has 0 bridgehead atoms. The second-order valence-corrected chi connectivity index (χ2v) is 5.69. The predicted molar refractivity (Wildman–Crippen MR) is 90.8 cm³/mol. The topological polar surface area (TPSA) is 73.8 Å². The summed E-state index contributed by atoms with van der Waals surface area (Å²) < 4.78 is 16.6. The van der Waals surface area contributed by atoms with Crippen LogP contribution in [0.3, 0.4) is 0 Å². The number of carbonyl (C=O) groups is 1. The number of aromatic nitrogens is 2. The summed E-state index contributed by atoms with van der Waals surface area (Å²) in [5, 5.41) is 0. The molecule has 7 heteroatoms. The maximum absolute atomic E-state index is 12.4. The van der Waals surface area contributed by atoms with E-state index in [2.05, 4.69) is 9.97 Å². The van der Waals surface area contributed by atoms with Crippen LogP contribution in [-0.4, -0.2) is 53.7 Å². The molecular formula is C18H21N3O4. The van der Waals surface area contributed by atoms with Crippen molar-refractivity contribution >= 4 is 5.91 Å². The van der Waals surface area contributed by atoms with E-state index in [1.54, 1.807) is 42.6 Å². The highest BCUT2D eigenvalue weighted by atomic mass is 16.5. The molecule has 3 rings (SSSR count). The molecule has 0 aliphatic carbocycles. The van der Waals surface area contributed by atoms with Crippen LogP contribution >= 0.6 is 0 Å². The molecule has 0 saturated carbocycles. The summed E-state index contributed by atoms with van der Waals surface area (Å²) >= 11 is 0. The van der Waals surface area contributed by atoms with Gasteiger partial charge in [-0.25, -0.2) is 9.97 Å². The van der Waals surface area contributed by atoms with Crippen LogP contribution in [0.4, 0.5) is 0 Å². The molecule has 2 heterocycles. The number of hydrogen-bond donors (Lipinski definition) is 0. The van der Waals surface area contributed by atoms with Gasteiger partial charge in [-0.1, -0.05) is 12.1 Å². The SMILES string of the molecule is COc1ccccc1OCC(=O)N1CCC[C@H](Oc2ncccn2)C1. The number of likely N-dealkylation sites (tertiary alicyclic amines) is 1. The zero-order valence-electron chi connectivity index (χ0n) is 14.1. The van der Waals surface area contributed by atoms with Crippen LogP contribution in [-0.2, 0) is 4.79 Å². The number of amides is 1. The Labute approximate surface area is 146 Å². The number of rotatable bonds is 6. The van der Waals surface area contributed by atoms with Crippen LogP contribution in [0, 0.1) is 0 Å². The fourth-order valence-electron chi connectivity index (χ4n) is 2.73. The van der Waals surface area contributed by atoms with E-state index in [0.717, 1.165) is 12.8 Å². The van der Waals surface area contributed by atoms with Gasteiger partial charge in [0.15, 0.2) is 18.1 Å². The molecule has 1 saturated heterocycles. The Hall–Kier alpha value is -2.83. The van der Waals surface area contributed by atoms with Gasteiger partial charge in [0.25, 0.3) is 5.91 Å². The highest BCUT2D eigenvalue weighted by Crippen LogP contribution is 2.25. The lowest BCUT2D eigenvalue weighted by atomic mass is 10.1. The number of ether oxygens (including phenoxy) is 3. The maximum Gasteiger partial charge on any atom is 0.316 e. The summed E-state index contributed by atoms with van der Waals surface area (Å²) in [6.07, 6.45) is 4.91. The third kappa shape index (κ3) is 4.59. The third-order valence-electron chi connectivity index (χ3n) is 3.97. The van der Waals surface area contributed by atoms with Crippen molar-refractivity contribution in [3.63, 3.8) is 0 Å². The molecule has 1 atom stereocenters. The molecule has 25 heavy (non-hydrogen) atoms. The van der Waals surface area contributed by atoms with Gasteiger partial charge < -0.3 is 19.1 Å². The van der Waals surface area contributed by atoms with E-state index >= 15 is 0 Å². The van der Waals surface area contributed by atoms with Crippen LogP contribution in [0.1, 0.15) is 12.8 Å². The third-order valence-corrected chi connectivity index (χ3v) is 3.97. The van der Waals surface area contributed by atoms with E-state index in [0.29, 0.717) is 30.6 Å². The molecule has 132 valence electrons. The van der Waals surface area contributed by atoms with Crippen molar-refractivity contribution in [1.29, 1.82) is 0 Å². The quantitative estimate of drug-likeness (QED) is 0.798. The summed E-state index contributed by atoms with van der Waals surface area (Å²) in [5.74, 6) is 1.09. The van der Waals surface area contributed by atoms with E-state index in [9.17, 15) is 4.79 Å². The van der Waals surface area contributed by atoms with Crippen molar-refractivity contribution in [3.8, 4) is 17.5 Å². The fraction of sp³-hybridized carbons (Fsp3) is 0.389. The van der Waals surface area contributed by atoms with Gasteiger partial charge >= 0.3 is 6.01 Å². The minimum atomic E-state index is -0.105. The second kappa shape index (κ2) is 8.32. The molecule has 1 aliphatic heterocycles. The van der Waals surface area contributed by atoms with Gasteiger partial charge in [0, 0.05) is 18.9 Å². The van der Waals surface area contributed by atoms with Crippen LogP contribution in [0.5, 0.6) is 17.5 Å². The number of piperidine rings is 1. The Morgan fingerprint density at radius 1 is 1.20 bits per heavy atom. The summed E-state index contributed by atoms with van der Waals surface area (Å²) in [4.78, 5) is 22.3. The molecular weight excluding hydrogens is 322 g/mol. The van der Waals surface area contributed by atoms with Gasteiger partial charge in [-0.05, 0) is 31.0 Å². The first-order chi connectivity index (χ1) is 12.3. The van der Waals surface area contributed by atoms with Crippen LogP contribution < -0.4 is 14.2 Å². The van der Waals surface area contributed by atoms with Gasteiger partial charge in [-0.2, -0.15) is 0 Å². The maximum atomic E-state index is 12.4. The minimum absolute atomic E-state index is 0.0328. The zero-order chi connectivity index (χ0) is 17.5. The fourth-order valence-corrected chi connectivity index (χ4v) is 2.73. The predicted octanol–water partition coefficient (Wildman–Crippen LogP) is 1.93. The first kappa shape index (κ1) is 17.0. The van der Waals surface area contributed by atoms with Crippen molar-refractivity contribution in [2.24, 2.45) is 0 Å². The lowest BCUT2D eigenvalue weighted by molar-refractivity contribution is -0.136. The van der Waals surface area contributed by atoms with Crippen molar-refractivity contribution < 1.29 is 19.0 Å². The molecule has 0 spiro atoms. The number of benzene rings is 1. The van der Waals surface area contributed by atoms with Crippen LogP contribution in [0.2, 0.25) is 0 Å². The molecule has 1 aromatic carbocycles. The molecule has 0 unspecified atom stereocenters. The number of carbonyl (C=O) groups excluding carboxylic acids is 1. The number of methoxy groups -OCH3 is 1. The Balaban J connectivity index is 1.53. The molecule has 7 nitrogen and oxygen atoms in total. The van der Waals surface area contributed by atoms with E-state index in [4.69, 9.17) is 14.2 Å². The van der Waals surface area contributed by atoms with E-state index in [1.807, 2.05) is 12.1 Å². The normalized spacial score (nSPS) is 17.0. The summed E-state index contributed by atoms with van der Waals surface area (Å²) in [6, 6.07) is 9.34. The first-order valence-corrected chi connectivity index (χ1v) is 8.23. The van der Waals surface area contributed by atoms with Gasteiger partial charge in [-0.3, -0.25) is 4.79 Å². The molecule has 0 N–H and O–H groups in total. The van der Waals surface area contributed by atoms with Crippen molar-refractivity contribution in [2.45, 2.75) is 18.9 Å². The lowest BCUT2D eigenvalue weighted by Crippen LogP contribution is -2.46. The molecule has 2 aromatic rings. The molecule has 1 amide bonds. The average Bonchev–Trinajstić information content (AvgIpc) is 2.67. The lowest BCUT2D eigenvalue weighted by Gasteiger charge is -2.32. The number of para-hydroxylation sites is 2. The van der Waals surface area contributed by atoms with Gasteiger partial charge in [0.1, 0.15) is 6.10 Å². The standard InChI is InChI=1S/C18H21N3O4/c1-23-15-7-2-3-8-16(15)24-13-17(22)21-11-4-6-14(12-21)25-18-19-9-5-10-20-18/h2-3,5,7-10,14H,4,6,11-13H2,1H3/t14-/m0/s1. The summed E-state index contributed by atoms with van der Waals surface area (Å²) in [6.45, 7) is 1.17.